The van der Waals surface area contributed by atoms with Crippen molar-refractivity contribution in [2.45, 2.75) is 6.54 Å². The number of amides is 1. The number of aromatic nitrogens is 4. The van der Waals surface area contributed by atoms with E-state index < -0.39 is 0 Å². The molecule has 1 N–H and O–H groups in total. The number of hydrogen-bond donors (Lipinski definition) is 1. The fourth-order valence-corrected chi connectivity index (χ4v) is 2.49. The van der Waals surface area contributed by atoms with Gasteiger partial charge in [-0.2, -0.15) is 0 Å². The van der Waals surface area contributed by atoms with E-state index in [4.69, 9.17) is 0 Å². The van der Waals surface area contributed by atoms with Crippen LogP contribution in [0.4, 0.5) is 0 Å². The summed E-state index contributed by atoms with van der Waals surface area (Å²) in [7, 11) is 0. The maximum atomic E-state index is 12.1. The molecule has 0 saturated heterocycles. The molecule has 0 aliphatic heterocycles. The van der Waals surface area contributed by atoms with Crippen LogP contribution in [0.2, 0.25) is 0 Å². The summed E-state index contributed by atoms with van der Waals surface area (Å²) >= 11 is 1.33. The zero-order chi connectivity index (χ0) is 14.5. The van der Waals surface area contributed by atoms with E-state index in [2.05, 4.69) is 25.3 Å². The normalized spacial score (nSPS) is 10.3. The van der Waals surface area contributed by atoms with E-state index >= 15 is 0 Å². The van der Waals surface area contributed by atoms with E-state index in [1.807, 2.05) is 12.1 Å². The third-order valence-electron chi connectivity index (χ3n) is 2.66. The molecule has 0 aromatic carbocycles. The van der Waals surface area contributed by atoms with Gasteiger partial charge < -0.3 is 5.32 Å². The summed E-state index contributed by atoms with van der Waals surface area (Å²) in [5.74, 6) is 0.387. The van der Waals surface area contributed by atoms with Gasteiger partial charge >= 0.3 is 0 Å². The topological polar surface area (TPSA) is 80.7 Å². The molecule has 21 heavy (non-hydrogen) atoms. The summed E-state index contributed by atoms with van der Waals surface area (Å²) in [6, 6.07) is 5.48. The van der Waals surface area contributed by atoms with E-state index in [1.165, 1.54) is 11.3 Å². The van der Waals surface area contributed by atoms with Gasteiger partial charge in [-0.3, -0.25) is 9.78 Å². The average Bonchev–Trinajstić information content (AvgIpc) is 3.04. The van der Waals surface area contributed by atoms with E-state index in [9.17, 15) is 4.79 Å². The van der Waals surface area contributed by atoms with Crippen molar-refractivity contribution in [1.82, 2.24) is 25.3 Å². The Bertz CT molecular complexity index is 729. The molecule has 0 saturated carbocycles. The summed E-state index contributed by atoms with van der Waals surface area (Å²) < 4.78 is 0. The minimum absolute atomic E-state index is 0.185. The molecule has 0 aliphatic rings. The highest BCUT2D eigenvalue weighted by molar-refractivity contribution is 7.16. The van der Waals surface area contributed by atoms with Crippen LogP contribution in [0, 0.1) is 0 Å². The van der Waals surface area contributed by atoms with Crippen LogP contribution in [0.1, 0.15) is 15.5 Å². The monoisotopic (exact) mass is 297 g/mol. The fourth-order valence-electron chi connectivity index (χ4n) is 1.67. The maximum absolute atomic E-state index is 12.1. The van der Waals surface area contributed by atoms with Crippen molar-refractivity contribution in [3.05, 3.63) is 59.9 Å². The summed E-state index contributed by atoms with van der Waals surface area (Å²) in [5, 5.41) is 3.54. The Morgan fingerprint density at radius 3 is 2.71 bits per heavy atom. The highest BCUT2D eigenvalue weighted by Crippen LogP contribution is 2.24. The molecule has 7 heteroatoms. The predicted octanol–water partition coefficient (Wildman–Crippen LogP) is 1.93. The van der Waals surface area contributed by atoms with Crippen LogP contribution >= 0.6 is 11.3 Å². The number of rotatable bonds is 4. The van der Waals surface area contributed by atoms with Crippen molar-refractivity contribution in [3.8, 4) is 10.6 Å². The van der Waals surface area contributed by atoms with E-state index in [0.29, 0.717) is 17.2 Å². The zero-order valence-corrected chi connectivity index (χ0v) is 11.7. The van der Waals surface area contributed by atoms with E-state index in [0.717, 1.165) is 10.6 Å². The van der Waals surface area contributed by atoms with Gasteiger partial charge in [0.25, 0.3) is 5.91 Å². The first-order chi connectivity index (χ1) is 10.3. The van der Waals surface area contributed by atoms with Gasteiger partial charge in [0.2, 0.25) is 0 Å². The molecular formula is C14H11N5OS. The Morgan fingerprint density at radius 2 is 1.95 bits per heavy atom. The van der Waals surface area contributed by atoms with Crippen LogP contribution in [0.25, 0.3) is 10.6 Å². The van der Waals surface area contributed by atoms with Crippen LogP contribution in [-0.4, -0.2) is 25.8 Å². The first-order valence-electron chi connectivity index (χ1n) is 6.23. The summed E-state index contributed by atoms with van der Waals surface area (Å²) in [5.41, 5.74) is 0.896. The van der Waals surface area contributed by atoms with Crippen molar-refractivity contribution in [1.29, 1.82) is 0 Å². The highest BCUT2D eigenvalue weighted by atomic mass is 32.1. The lowest BCUT2D eigenvalue weighted by Gasteiger charge is -2.01. The number of carbonyl (C=O) groups excluding carboxylic acids is 1. The molecule has 104 valence electrons. The second kappa shape index (κ2) is 6.19. The Labute approximate surface area is 125 Å². The summed E-state index contributed by atoms with van der Waals surface area (Å²) in [6.07, 6.45) is 8.26. The summed E-state index contributed by atoms with van der Waals surface area (Å²) in [6.45, 7) is 0.291. The number of carbonyl (C=O) groups is 1. The largest absolute Gasteiger partial charge is 0.344 e. The van der Waals surface area contributed by atoms with Crippen molar-refractivity contribution in [3.63, 3.8) is 0 Å². The quantitative estimate of drug-likeness (QED) is 0.795. The van der Waals surface area contributed by atoms with Gasteiger partial charge in [-0.05, 0) is 18.2 Å². The lowest BCUT2D eigenvalue weighted by Crippen LogP contribution is -2.22. The number of nitrogens with one attached hydrogen (secondary N) is 1. The molecule has 0 radical (unpaired) electrons. The maximum Gasteiger partial charge on any atom is 0.263 e. The Kier molecular flexibility index (Phi) is 3.92. The molecule has 0 atom stereocenters. The van der Waals surface area contributed by atoms with Crippen molar-refractivity contribution in [2.24, 2.45) is 0 Å². The van der Waals surface area contributed by atoms with Crippen LogP contribution in [0.5, 0.6) is 0 Å². The van der Waals surface area contributed by atoms with Crippen molar-refractivity contribution in [2.75, 3.05) is 0 Å². The number of thiazole rings is 1. The van der Waals surface area contributed by atoms with Gasteiger partial charge in [0, 0.05) is 30.4 Å². The molecular weight excluding hydrogens is 286 g/mol. The van der Waals surface area contributed by atoms with Crippen molar-refractivity contribution < 1.29 is 4.79 Å². The van der Waals surface area contributed by atoms with Crippen molar-refractivity contribution >= 4 is 17.2 Å². The fraction of sp³-hybridized carbons (Fsp3) is 0.0714. The molecule has 0 bridgehead atoms. The standard InChI is InChI=1S/C14H11N5OS/c20-13(18-9-12-16-5-2-6-17-12)11-8-19-14(21-11)10-3-1-4-15-7-10/h1-8H,9H2,(H,18,20). The van der Waals surface area contributed by atoms with Gasteiger partial charge in [0.05, 0.1) is 12.7 Å². The smallest absolute Gasteiger partial charge is 0.263 e. The molecule has 3 rings (SSSR count). The second-order valence-corrected chi connectivity index (χ2v) is 5.15. The molecule has 6 nitrogen and oxygen atoms in total. The summed E-state index contributed by atoms with van der Waals surface area (Å²) in [4.78, 5) is 29.0. The molecule has 3 aromatic heterocycles. The van der Waals surface area contributed by atoms with E-state index in [-0.39, 0.29) is 5.91 Å². The van der Waals surface area contributed by atoms with Crippen LogP contribution in [0.15, 0.2) is 49.2 Å². The van der Waals surface area contributed by atoms with Crippen LogP contribution in [-0.2, 0) is 6.54 Å². The highest BCUT2D eigenvalue weighted by Gasteiger charge is 2.11. The zero-order valence-electron chi connectivity index (χ0n) is 10.9. The minimum atomic E-state index is -0.185. The van der Waals surface area contributed by atoms with Gasteiger partial charge in [-0.15, -0.1) is 11.3 Å². The first kappa shape index (κ1) is 13.3. The minimum Gasteiger partial charge on any atom is -0.344 e. The third kappa shape index (κ3) is 3.26. The Balaban J connectivity index is 1.67. The molecule has 0 aliphatic carbocycles. The average molecular weight is 297 g/mol. The predicted molar refractivity (Wildman–Crippen MR) is 78.5 cm³/mol. The number of pyridine rings is 1. The van der Waals surface area contributed by atoms with Crippen LogP contribution in [0.3, 0.4) is 0 Å². The number of hydrogen-bond acceptors (Lipinski definition) is 6. The second-order valence-electron chi connectivity index (χ2n) is 4.12. The Hall–Kier alpha value is -2.67. The number of nitrogens with zero attached hydrogens (tertiary/aromatic N) is 4. The lowest BCUT2D eigenvalue weighted by molar-refractivity contribution is 0.0953. The van der Waals surface area contributed by atoms with Crippen LogP contribution < -0.4 is 5.32 Å². The molecule has 0 spiro atoms. The van der Waals surface area contributed by atoms with Gasteiger partial charge in [-0.1, -0.05) is 0 Å². The van der Waals surface area contributed by atoms with E-state index in [1.54, 1.807) is 37.1 Å². The molecule has 3 heterocycles. The van der Waals surface area contributed by atoms with Gasteiger partial charge in [0.1, 0.15) is 15.7 Å². The Morgan fingerprint density at radius 1 is 1.10 bits per heavy atom. The molecule has 0 fully saturated rings. The first-order valence-corrected chi connectivity index (χ1v) is 7.05. The third-order valence-corrected chi connectivity index (χ3v) is 3.71. The van der Waals surface area contributed by atoms with Gasteiger partial charge in [-0.25, -0.2) is 15.0 Å². The molecule has 3 aromatic rings. The lowest BCUT2D eigenvalue weighted by atomic mass is 10.3. The SMILES string of the molecule is O=C(NCc1ncccn1)c1cnc(-c2cccnc2)s1. The molecule has 0 unspecified atom stereocenters. The van der Waals surface area contributed by atoms with Gasteiger partial charge in [0.15, 0.2) is 0 Å². The molecule has 1 amide bonds.